The van der Waals surface area contributed by atoms with Crippen molar-refractivity contribution in [2.24, 2.45) is 7.05 Å². The van der Waals surface area contributed by atoms with E-state index in [2.05, 4.69) is 15.2 Å². The van der Waals surface area contributed by atoms with Crippen LogP contribution >= 0.6 is 0 Å². The molecule has 0 fully saturated rings. The molecule has 2 aromatic heterocycles. The van der Waals surface area contributed by atoms with E-state index < -0.39 is 0 Å². The first-order valence-corrected chi connectivity index (χ1v) is 6.93. The summed E-state index contributed by atoms with van der Waals surface area (Å²) in [6, 6.07) is 7.98. The Morgan fingerprint density at radius 2 is 2.10 bits per heavy atom. The highest BCUT2D eigenvalue weighted by molar-refractivity contribution is 6.03. The monoisotopic (exact) mass is 284 g/mol. The van der Waals surface area contributed by atoms with Crippen LogP contribution in [-0.4, -0.2) is 32.3 Å². The third-order valence-corrected chi connectivity index (χ3v) is 3.41. The molecule has 3 rings (SSSR count). The smallest absolute Gasteiger partial charge is 0.306 e. The number of benzene rings is 1. The molecule has 0 saturated carbocycles. The van der Waals surface area contributed by atoms with Gasteiger partial charge in [-0.1, -0.05) is 18.2 Å². The van der Waals surface area contributed by atoms with Gasteiger partial charge in [0, 0.05) is 18.9 Å². The van der Waals surface area contributed by atoms with E-state index in [1.807, 2.05) is 35.9 Å². The largest absolute Gasteiger partial charge is 0.466 e. The SMILES string of the molecule is CCOC(=O)CCc1nnc2c3ccccc3n(C)c2n1. The average Bonchev–Trinajstić information content (AvgIpc) is 2.79. The number of para-hydroxylation sites is 1. The van der Waals surface area contributed by atoms with Crippen LogP contribution in [0.1, 0.15) is 19.2 Å². The molecule has 0 saturated heterocycles. The van der Waals surface area contributed by atoms with Gasteiger partial charge < -0.3 is 9.30 Å². The Morgan fingerprint density at radius 3 is 2.90 bits per heavy atom. The number of carbonyl (C=O) groups excluding carboxylic acids is 1. The maximum Gasteiger partial charge on any atom is 0.306 e. The van der Waals surface area contributed by atoms with Gasteiger partial charge in [-0.2, -0.15) is 0 Å². The van der Waals surface area contributed by atoms with Crippen LogP contribution in [0.5, 0.6) is 0 Å². The van der Waals surface area contributed by atoms with E-state index in [1.54, 1.807) is 6.92 Å². The molecular weight excluding hydrogens is 268 g/mol. The summed E-state index contributed by atoms with van der Waals surface area (Å²) in [5.41, 5.74) is 2.63. The first kappa shape index (κ1) is 13.5. The zero-order chi connectivity index (χ0) is 14.8. The Kier molecular flexibility index (Phi) is 3.51. The maximum atomic E-state index is 11.4. The van der Waals surface area contributed by atoms with Crippen LogP contribution < -0.4 is 0 Å². The van der Waals surface area contributed by atoms with Gasteiger partial charge in [-0.25, -0.2) is 4.98 Å². The Balaban J connectivity index is 1.95. The Hall–Kier alpha value is -2.50. The number of carbonyl (C=O) groups is 1. The van der Waals surface area contributed by atoms with E-state index in [4.69, 9.17) is 4.74 Å². The van der Waals surface area contributed by atoms with Crippen molar-refractivity contribution in [2.75, 3.05) is 6.61 Å². The summed E-state index contributed by atoms with van der Waals surface area (Å²) in [6.07, 6.45) is 0.703. The maximum absolute atomic E-state index is 11.4. The van der Waals surface area contributed by atoms with E-state index in [-0.39, 0.29) is 12.4 Å². The molecule has 0 unspecified atom stereocenters. The number of esters is 1. The van der Waals surface area contributed by atoms with Crippen LogP contribution in [0.2, 0.25) is 0 Å². The lowest BCUT2D eigenvalue weighted by atomic mass is 10.2. The van der Waals surface area contributed by atoms with Gasteiger partial charge in [-0.15, -0.1) is 10.2 Å². The van der Waals surface area contributed by atoms with Crippen LogP contribution in [0.15, 0.2) is 24.3 Å². The third kappa shape index (κ3) is 2.44. The third-order valence-electron chi connectivity index (χ3n) is 3.41. The molecule has 1 aromatic carbocycles. The standard InChI is InChI=1S/C15H16N4O2/c1-3-21-13(20)9-8-12-16-15-14(18-17-12)10-6-4-5-7-11(10)19(15)2/h4-7H,3,8-9H2,1-2H3. The molecule has 3 aromatic rings. The molecule has 6 nitrogen and oxygen atoms in total. The van der Waals surface area contributed by atoms with Crippen molar-refractivity contribution < 1.29 is 9.53 Å². The predicted octanol–water partition coefficient (Wildman–Crippen LogP) is 2.01. The van der Waals surface area contributed by atoms with E-state index in [0.29, 0.717) is 18.9 Å². The Labute approximate surface area is 121 Å². The molecule has 0 aliphatic heterocycles. The van der Waals surface area contributed by atoms with Gasteiger partial charge in [0.15, 0.2) is 11.5 Å². The van der Waals surface area contributed by atoms with Crippen molar-refractivity contribution in [3.63, 3.8) is 0 Å². The molecule has 0 amide bonds. The minimum atomic E-state index is -0.238. The van der Waals surface area contributed by atoms with Crippen molar-refractivity contribution in [1.29, 1.82) is 0 Å². The molecule has 0 spiro atoms. The summed E-state index contributed by atoms with van der Waals surface area (Å²) < 4.78 is 6.90. The molecule has 0 atom stereocenters. The molecule has 6 heteroatoms. The average molecular weight is 284 g/mol. The van der Waals surface area contributed by atoms with E-state index >= 15 is 0 Å². The number of rotatable bonds is 4. The topological polar surface area (TPSA) is 69.9 Å². The number of nitrogens with zero attached hydrogens (tertiary/aromatic N) is 4. The molecule has 0 bridgehead atoms. The van der Waals surface area contributed by atoms with Crippen LogP contribution in [0.3, 0.4) is 0 Å². The van der Waals surface area contributed by atoms with Crippen LogP contribution in [0.4, 0.5) is 0 Å². The fourth-order valence-electron chi connectivity index (χ4n) is 2.39. The number of fused-ring (bicyclic) bond motifs is 3. The normalized spacial score (nSPS) is 11.1. The van der Waals surface area contributed by atoms with Gasteiger partial charge in [0.1, 0.15) is 5.52 Å². The number of hydrogen-bond acceptors (Lipinski definition) is 5. The van der Waals surface area contributed by atoms with Gasteiger partial charge in [0.2, 0.25) is 0 Å². The Bertz CT molecular complexity index is 810. The summed E-state index contributed by atoms with van der Waals surface area (Å²) in [4.78, 5) is 15.9. The highest BCUT2D eigenvalue weighted by Crippen LogP contribution is 2.24. The minimum Gasteiger partial charge on any atom is -0.466 e. The molecule has 2 heterocycles. The fourth-order valence-corrected chi connectivity index (χ4v) is 2.39. The summed E-state index contributed by atoms with van der Waals surface area (Å²) in [5.74, 6) is 0.319. The van der Waals surface area contributed by atoms with Crippen LogP contribution in [-0.2, 0) is 23.0 Å². The second kappa shape index (κ2) is 5.47. The summed E-state index contributed by atoms with van der Waals surface area (Å²) >= 11 is 0. The molecule has 0 radical (unpaired) electrons. The zero-order valence-corrected chi connectivity index (χ0v) is 12.0. The molecule has 0 aliphatic carbocycles. The second-order valence-corrected chi connectivity index (χ2v) is 4.78. The van der Waals surface area contributed by atoms with Gasteiger partial charge in [-0.05, 0) is 13.0 Å². The van der Waals surface area contributed by atoms with Crippen LogP contribution in [0, 0.1) is 0 Å². The number of hydrogen-bond donors (Lipinski definition) is 0. The zero-order valence-electron chi connectivity index (χ0n) is 12.0. The molecular formula is C15H16N4O2. The number of aryl methyl sites for hydroxylation is 2. The highest BCUT2D eigenvalue weighted by Gasteiger charge is 2.12. The predicted molar refractivity (Wildman–Crippen MR) is 78.8 cm³/mol. The van der Waals surface area contributed by atoms with Gasteiger partial charge in [0.05, 0.1) is 18.5 Å². The number of aromatic nitrogens is 4. The van der Waals surface area contributed by atoms with E-state index in [1.165, 1.54) is 0 Å². The van der Waals surface area contributed by atoms with Crippen molar-refractivity contribution in [3.05, 3.63) is 30.1 Å². The molecule has 0 aliphatic rings. The molecule has 21 heavy (non-hydrogen) atoms. The minimum absolute atomic E-state index is 0.238. The van der Waals surface area contributed by atoms with Crippen LogP contribution in [0.25, 0.3) is 22.1 Å². The first-order chi connectivity index (χ1) is 10.2. The van der Waals surface area contributed by atoms with Gasteiger partial charge >= 0.3 is 5.97 Å². The highest BCUT2D eigenvalue weighted by atomic mass is 16.5. The first-order valence-electron chi connectivity index (χ1n) is 6.93. The summed E-state index contributed by atoms with van der Waals surface area (Å²) in [6.45, 7) is 2.18. The van der Waals surface area contributed by atoms with E-state index in [0.717, 1.165) is 22.1 Å². The summed E-state index contributed by atoms with van der Waals surface area (Å²) in [7, 11) is 1.95. The van der Waals surface area contributed by atoms with Crippen molar-refractivity contribution in [1.82, 2.24) is 19.7 Å². The lowest BCUT2D eigenvalue weighted by Crippen LogP contribution is -2.08. The molecule has 0 N–H and O–H groups in total. The van der Waals surface area contributed by atoms with Gasteiger partial charge in [-0.3, -0.25) is 4.79 Å². The second-order valence-electron chi connectivity index (χ2n) is 4.78. The van der Waals surface area contributed by atoms with E-state index in [9.17, 15) is 4.79 Å². The van der Waals surface area contributed by atoms with Crippen molar-refractivity contribution in [2.45, 2.75) is 19.8 Å². The lowest BCUT2D eigenvalue weighted by Gasteiger charge is -2.01. The van der Waals surface area contributed by atoms with Gasteiger partial charge in [0.25, 0.3) is 0 Å². The fraction of sp³-hybridized carbons (Fsp3) is 0.333. The lowest BCUT2D eigenvalue weighted by molar-refractivity contribution is -0.143. The Morgan fingerprint density at radius 1 is 1.29 bits per heavy atom. The quantitative estimate of drug-likeness (QED) is 0.685. The number of ether oxygens (including phenoxy) is 1. The summed E-state index contributed by atoms with van der Waals surface area (Å²) in [5, 5.41) is 9.42. The van der Waals surface area contributed by atoms with Crippen molar-refractivity contribution in [3.8, 4) is 0 Å². The van der Waals surface area contributed by atoms with Crippen molar-refractivity contribution >= 4 is 28.0 Å². The molecule has 108 valence electrons.